The largest absolute Gasteiger partial charge is 0.313 e. The number of halogens is 1. The Morgan fingerprint density at radius 1 is 1.62 bits per heavy atom. The molecule has 0 aliphatic rings. The lowest BCUT2D eigenvalue weighted by Gasteiger charge is -2.08. The number of aromatic nitrogens is 4. The second-order valence-electron chi connectivity index (χ2n) is 3.60. The van der Waals surface area contributed by atoms with E-state index >= 15 is 0 Å². The summed E-state index contributed by atoms with van der Waals surface area (Å²) in [6, 6.07) is 0.481. The van der Waals surface area contributed by atoms with Gasteiger partial charge in [0.1, 0.15) is 0 Å². The van der Waals surface area contributed by atoms with E-state index in [0.29, 0.717) is 6.04 Å². The predicted octanol–water partition coefficient (Wildman–Crippen LogP) is 1.67. The van der Waals surface area contributed by atoms with Gasteiger partial charge in [0.15, 0.2) is 0 Å². The van der Waals surface area contributed by atoms with Crippen LogP contribution < -0.4 is 5.32 Å². The Kier molecular flexibility index (Phi) is 6.00. The van der Waals surface area contributed by atoms with Gasteiger partial charge in [-0.05, 0) is 14.9 Å². The van der Waals surface area contributed by atoms with E-state index in [4.69, 9.17) is 0 Å². The molecule has 0 atom stereocenters. The minimum Gasteiger partial charge on any atom is -0.313 e. The first kappa shape index (κ1) is 13.7. The van der Waals surface area contributed by atoms with Gasteiger partial charge in [-0.3, -0.25) is 0 Å². The lowest BCUT2D eigenvalue weighted by atomic mass is 10.4. The molecule has 16 heavy (non-hydrogen) atoms. The molecule has 0 spiro atoms. The van der Waals surface area contributed by atoms with Crippen LogP contribution in [0.5, 0.6) is 0 Å². The van der Waals surface area contributed by atoms with Crippen molar-refractivity contribution >= 4 is 27.7 Å². The van der Waals surface area contributed by atoms with Crippen LogP contribution in [0.4, 0.5) is 0 Å². The number of thioether (sulfide) groups is 1. The van der Waals surface area contributed by atoms with E-state index in [1.807, 2.05) is 0 Å². The zero-order valence-electron chi connectivity index (χ0n) is 9.48. The molecule has 5 nitrogen and oxygen atoms in total. The molecule has 0 aliphatic carbocycles. The Labute approximate surface area is 108 Å². The summed E-state index contributed by atoms with van der Waals surface area (Å²) in [5, 5.41) is 15.7. The van der Waals surface area contributed by atoms with E-state index < -0.39 is 0 Å². The Morgan fingerprint density at radius 2 is 2.38 bits per heavy atom. The summed E-state index contributed by atoms with van der Waals surface area (Å²) in [6.07, 6.45) is 0. The smallest absolute Gasteiger partial charge is 0.209 e. The molecule has 0 saturated carbocycles. The molecule has 1 aromatic heterocycles. The molecule has 0 bridgehead atoms. The molecular formula is C9H16BrN5S. The lowest BCUT2D eigenvalue weighted by molar-refractivity contribution is 0.485. The second-order valence-corrected chi connectivity index (χ2v) is 5.66. The lowest BCUT2D eigenvalue weighted by Crippen LogP contribution is -2.27. The summed E-state index contributed by atoms with van der Waals surface area (Å²) in [6.45, 7) is 9.65. The molecule has 0 saturated heterocycles. The van der Waals surface area contributed by atoms with E-state index in [1.165, 1.54) is 0 Å². The van der Waals surface area contributed by atoms with E-state index in [1.54, 1.807) is 16.4 Å². The zero-order valence-corrected chi connectivity index (χ0v) is 11.9. The Hall–Kier alpha value is -0.400. The SMILES string of the molecule is C=C(Br)CSc1nnnn1CCNC(C)C. The van der Waals surface area contributed by atoms with Gasteiger partial charge in [-0.15, -0.1) is 5.10 Å². The highest BCUT2D eigenvalue weighted by molar-refractivity contribution is 9.11. The van der Waals surface area contributed by atoms with E-state index in [9.17, 15) is 0 Å². The Bertz CT molecular complexity index is 338. The van der Waals surface area contributed by atoms with E-state index in [2.05, 4.69) is 57.2 Å². The van der Waals surface area contributed by atoms with E-state index in [0.717, 1.165) is 28.5 Å². The monoisotopic (exact) mass is 305 g/mol. The van der Waals surface area contributed by atoms with Crippen molar-refractivity contribution in [1.29, 1.82) is 0 Å². The molecule has 1 aromatic rings. The van der Waals surface area contributed by atoms with Crippen molar-refractivity contribution < 1.29 is 0 Å². The van der Waals surface area contributed by atoms with Crippen molar-refractivity contribution in [3.05, 3.63) is 11.1 Å². The number of tetrazole rings is 1. The highest BCUT2D eigenvalue weighted by Gasteiger charge is 2.06. The van der Waals surface area contributed by atoms with Gasteiger partial charge in [-0.1, -0.05) is 48.1 Å². The van der Waals surface area contributed by atoms with Crippen molar-refractivity contribution in [2.24, 2.45) is 0 Å². The standard InChI is InChI=1S/C9H16BrN5S/c1-7(2)11-4-5-15-9(12-13-14-15)16-6-8(3)10/h7,11H,3-6H2,1-2H3. The van der Waals surface area contributed by atoms with Gasteiger partial charge in [-0.2, -0.15) is 0 Å². The maximum absolute atomic E-state index is 3.96. The van der Waals surface area contributed by atoms with Crippen LogP contribution in [0.1, 0.15) is 13.8 Å². The average molecular weight is 306 g/mol. The van der Waals surface area contributed by atoms with Gasteiger partial charge in [-0.25, -0.2) is 4.68 Å². The molecule has 1 rings (SSSR count). The minimum atomic E-state index is 0.481. The van der Waals surface area contributed by atoms with Gasteiger partial charge in [0.25, 0.3) is 0 Å². The molecule has 1 heterocycles. The molecule has 7 heteroatoms. The number of nitrogens with one attached hydrogen (secondary N) is 1. The van der Waals surface area contributed by atoms with Crippen LogP contribution in [-0.4, -0.2) is 38.5 Å². The van der Waals surface area contributed by atoms with Crippen LogP contribution in [0.15, 0.2) is 16.2 Å². The van der Waals surface area contributed by atoms with Gasteiger partial charge in [0, 0.05) is 18.3 Å². The zero-order chi connectivity index (χ0) is 12.0. The fraction of sp³-hybridized carbons (Fsp3) is 0.667. The third kappa shape index (κ3) is 5.09. The highest BCUT2D eigenvalue weighted by atomic mass is 79.9. The summed E-state index contributed by atoms with van der Waals surface area (Å²) >= 11 is 4.88. The minimum absolute atomic E-state index is 0.481. The van der Waals surface area contributed by atoms with Crippen LogP contribution in [0, 0.1) is 0 Å². The number of hydrogen-bond donors (Lipinski definition) is 1. The maximum Gasteiger partial charge on any atom is 0.209 e. The number of nitrogens with zero attached hydrogens (tertiary/aromatic N) is 4. The van der Waals surface area contributed by atoms with Gasteiger partial charge in [0.05, 0.1) is 6.54 Å². The van der Waals surface area contributed by atoms with Crippen LogP contribution >= 0.6 is 27.7 Å². The quantitative estimate of drug-likeness (QED) is 0.777. The van der Waals surface area contributed by atoms with Gasteiger partial charge < -0.3 is 5.32 Å². The van der Waals surface area contributed by atoms with Crippen molar-refractivity contribution in [2.45, 2.75) is 31.6 Å². The predicted molar refractivity (Wildman–Crippen MR) is 69.7 cm³/mol. The first-order valence-corrected chi connectivity index (χ1v) is 6.83. The molecule has 0 aliphatic heterocycles. The fourth-order valence-corrected chi connectivity index (χ4v) is 2.04. The number of hydrogen-bond acceptors (Lipinski definition) is 5. The number of rotatable bonds is 7. The summed E-state index contributed by atoms with van der Waals surface area (Å²) in [5.74, 6) is 0.776. The fourth-order valence-electron chi connectivity index (χ4n) is 1.04. The van der Waals surface area contributed by atoms with Gasteiger partial charge in [0.2, 0.25) is 5.16 Å². The molecular weight excluding hydrogens is 290 g/mol. The molecule has 90 valence electrons. The van der Waals surface area contributed by atoms with E-state index in [-0.39, 0.29) is 0 Å². The third-order valence-electron chi connectivity index (χ3n) is 1.73. The molecule has 0 unspecified atom stereocenters. The molecule has 0 radical (unpaired) electrons. The molecule has 0 fully saturated rings. The summed E-state index contributed by atoms with van der Waals surface area (Å²) in [7, 11) is 0. The maximum atomic E-state index is 3.96. The Morgan fingerprint density at radius 3 is 3.00 bits per heavy atom. The average Bonchev–Trinajstić information content (AvgIpc) is 2.62. The summed E-state index contributed by atoms with van der Waals surface area (Å²) in [5.41, 5.74) is 0. The Balaban J connectivity index is 2.40. The second kappa shape index (κ2) is 7.03. The normalized spacial score (nSPS) is 11.0. The van der Waals surface area contributed by atoms with Crippen molar-refractivity contribution in [3.63, 3.8) is 0 Å². The topological polar surface area (TPSA) is 55.6 Å². The molecule has 0 aromatic carbocycles. The molecule has 1 N–H and O–H groups in total. The van der Waals surface area contributed by atoms with Crippen molar-refractivity contribution in [2.75, 3.05) is 12.3 Å². The third-order valence-corrected chi connectivity index (χ3v) is 3.43. The molecule has 0 amide bonds. The van der Waals surface area contributed by atoms with Crippen LogP contribution in [0.2, 0.25) is 0 Å². The van der Waals surface area contributed by atoms with Crippen LogP contribution in [0.3, 0.4) is 0 Å². The van der Waals surface area contributed by atoms with Gasteiger partial charge >= 0.3 is 0 Å². The first-order valence-electron chi connectivity index (χ1n) is 5.05. The summed E-state index contributed by atoms with van der Waals surface area (Å²) in [4.78, 5) is 0. The van der Waals surface area contributed by atoms with Crippen molar-refractivity contribution in [1.82, 2.24) is 25.5 Å². The van der Waals surface area contributed by atoms with Crippen molar-refractivity contribution in [3.8, 4) is 0 Å². The van der Waals surface area contributed by atoms with Crippen LogP contribution in [-0.2, 0) is 6.54 Å². The summed E-state index contributed by atoms with van der Waals surface area (Å²) < 4.78 is 2.74. The highest BCUT2D eigenvalue weighted by Crippen LogP contribution is 2.18. The van der Waals surface area contributed by atoms with Crippen LogP contribution in [0.25, 0.3) is 0 Å². The first-order chi connectivity index (χ1) is 7.59.